The second kappa shape index (κ2) is 6.80. The van der Waals surface area contributed by atoms with Crippen LogP contribution in [0.2, 0.25) is 0 Å². The number of ether oxygens (including phenoxy) is 1. The Morgan fingerprint density at radius 1 is 1.33 bits per heavy atom. The van der Waals surface area contributed by atoms with Crippen LogP contribution < -0.4 is 5.32 Å². The largest absolute Gasteiger partial charge is 0.376 e. The zero-order valence-electron chi connectivity index (χ0n) is 14.3. The van der Waals surface area contributed by atoms with Gasteiger partial charge >= 0.3 is 0 Å². The first-order chi connectivity index (χ1) is 9.85. The van der Waals surface area contributed by atoms with Gasteiger partial charge in [0.2, 0.25) is 0 Å². The van der Waals surface area contributed by atoms with Gasteiger partial charge in [-0.3, -0.25) is 0 Å². The molecule has 0 amide bonds. The highest BCUT2D eigenvalue weighted by atomic mass is 32.1. The minimum Gasteiger partial charge on any atom is -0.376 e. The average Bonchev–Trinajstić information content (AvgIpc) is 2.91. The van der Waals surface area contributed by atoms with Gasteiger partial charge in [-0.15, -0.1) is 11.3 Å². The topological polar surface area (TPSA) is 25.8 Å². The lowest BCUT2D eigenvalue weighted by Crippen LogP contribution is -2.85. The van der Waals surface area contributed by atoms with Gasteiger partial charge in [0.05, 0.1) is 17.0 Å². The molecule has 0 unspecified atom stereocenters. The predicted octanol–water partition coefficient (Wildman–Crippen LogP) is 3.99. The van der Waals surface area contributed by atoms with Crippen molar-refractivity contribution in [2.24, 2.45) is 11.3 Å². The summed E-state index contributed by atoms with van der Waals surface area (Å²) in [5.41, 5.74) is 0.495. The van der Waals surface area contributed by atoms with Crippen LogP contribution in [0.3, 0.4) is 0 Å². The molecule has 2 atom stereocenters. The van der Waals surface area contributed by atoms with Crippen molar-refractivity contribution >= 4 is 11.3 Å². The predicted molar refractivity (Wildman–Crippen MR) is 90.7 cm³/mol. The van der Waals surface area contributed by atoms with Crippen molar-refractivity contribution in [3.63, 3.8) is 0 Å². The molecule has 2 rings (SSSR count). The van der Waals surface area contributed by atoms with E-state index < -0.39 is 0 Å². The van der Waals surface area contributed by atoms with Crippen LogP contribution in [0.1, 0.15) is 64.8 Å². The molecule has 2 N–H and O–H groups in total. The van der Waals surface area contributed by atoms with Crippen molar-refractivity contribution in [2.45, 2.75) is 65.5 Å². The third-order valence-electron chi connectivity index (χ3n) is 5.25. The summed E-state index contributed by atoms with van der Waals surface area (Å²) >= 11 is 1.87. The Hall–Kier alpha value is -0.380. The standard InChI is InChI=1S/C18H31NOS/c1-14(2)18(9-11-20-17(4,5)13-18)8-10-19-15(3)16-7-6-12-21-16/h6-7,12,14-15,19H,8-11,13H2,1-5H3/p+1/t15-,18-/m1/s1. The van der Waals surface area contributed by atoms with E-state index in [9.17, 15) is 0 Å². The summed E-state index contributed by atoms with van der Waals surface area (Å²) in [5.74, 6) is 0.728. The van der Waals surface area contributed by atoms with Crippen molar-refractivity contribution in [1.82, 2.24) is 0 Å². The van der Waals surface area contributed by atoms with Crippen LogP contribution in [0.4, 0.5) is 0 Å². The monoisotopic (exact) mass is 310 g/mol. The summed E-state index contributed by atoms with van der Waals surface area (Å²) in [6.07, 6.45) is 3.71. The second-order valence-corrected chi connectivity index (χ2v) is 8.61. The van der Waals surface area contributed by atoms with Crippen LogP contribution in [0.15, 0.2) is 17.5 Å². The highest BCUT2D eigenvalue weighted by molar-refractivity contribution is 7.10. The van der Waals surface area contributed by atoms with E-state index >= 15 is 0 Å². The van der Waals surface area contributed by atoms with Gasteiger partial charge in [0.15, 0.2) is 0 Å². The zero-order valence-corrected chi connectivity index (χ0v) is 15.1. The lowest BCUT2D eigenvalue weighted by atomic mass is 9.65. The summed E-state index contributed by atoms with van der Waals surface area (Å²) in [5, 5.41) is 4.69. The molecule has 1 aliphatic rings. The van der Waals surface area contributed by atoms with Gasteiger partial charge in [-0.25, -0.2) is 0 Å². The molecule has 120 valence electrons. The van der Waals surface area contributed by atoms with Gasteiger partial charge in [-0.05, 0) is 56.4 Å². The minimum atomic E-state index is 0.0435. The van der Waals surface area contributed by atoms with E-state index in [1.54, 1.807) is 0 Å². The Labute approximate surface area is 134 Å². The molecular formula is C18H32NOS+. The Morgan fingerprint density at radius 3 is 2.67 bits per heavy atom. The van der Waals surface area contributed by atoms with E-state index in [0.717, 1.165) is 12.5 Å². The molecule has 3 heteroatoms. The lowest BCUT2D eigenvalue weighted by Gasteiger charge is -2.47. The normalized spacial score (nSPS) is 27.0. The smallest absolute Gasteiger partial charge is 0.118 e. The van der Waals surface area contributed by atoms with E-state index in [0.29, 0.717) is 11.5 Å². The van der Waals surface area contributed by atoms with Crippen molar-refractivity contribution in [3.8, 4) is 0 Å². The second-order valence-electron chi connectivity index (χ2n) is 7.63. The van der Waals surface area contributed by atoms with Crippen LogP contribution in [0, 0.1) is 11.3 Å². The summed E-state index contributed by atoms with van der Waals surface area (Å²) in [6, 6.07) is 4.99. The Balaban J connectivity index is 1.91. The number of nitrogens with two attached hydrogens (primary N) is 1. The maximum atomic E-state index is 5.95. The van der Waals surface area contributed by atoms with E-state index in [2.05, 4.69) is 57.4 Å². The van der Waals surface area contributed by atoms with E-state index in [-0.39, 0.29) is 5.60 Å². The average molecular weight is 311 g/mol. The number of hydrogen-bond donors (Lipinski definition) is 1. The Morgan fingerprint density at radius 2 is 2.10 bits per heavy atom. The SMILES string of the molecule is CC(C)[C@]1(CC[NH2+][C@H](C)c2cccs2)CCOC(C)(C)C1. The number of thiophene rings is 1. The van der Waals surface area contributed by atoms with Crippen LogP contribution in [0.5, 0.6) is 0 Å². The highest BCUT2D eigenvalue weighted by Crippen LogP contribution is 2.46. The fourth-order valence-electron chi connectivity index (χ4n) is 3.80. The van der Waals surface area contributed by atoms with Gasteiger partial charge in [-0.1, -0.05) is 19.9 Å². The van der Waals surface area contributed by atoms with Gasteiger partial charge in [-0.2, -0.15) is 0 Å². The quantitative estimate of drug-likeness (QED) is 0.844. The molecule has 0 aliphatic carbocycles. The molecule has 1 fully saturated rings. The first-order valence-electron chi connectivity index (χ1n) is 8.35. The molecule has 1 aromatic rings. The van der Waals surface area contributed by atoms with Gasteiger partial charge in [0.1, 0.15) is 6.04 Å². The molecule has 0 saturated carbocycles. The van der Waals surface area contributed by atoms with Crippen LogP contribution in [0.25, 0.3) is 0 Å². The summed E-state index contributed by atoms with van der Waals surface area (Å²) in [7, 11) is 0. The van der Waals surface area contributed by atoms with Gasteiger partial charge in [0, 0.05) is 13.0 Å². The van der Waals surface area contributed by atoms with Crippen molar-refractivity contribution in [2.75, 3.05) is 13.2 Å². The molecule has 1 saturated heterocycles. The number of quaternary nitrogens is 1. The molecule has 0 radical (unpaired) electrons. The summed E-state index contributed by atoms with van der Waals surface area (Å²) in [6.45, 7) is 13.7. The van der Waals surface area contributed by atoms with Crippen LogP contribution >= 0.6 is 11.3 Å². The van der Waals surface area contributed by atoms with Crippen molar-refractivity contribution in [1.29, 1.82) is 0 Å². The van der Waals surface area contributed by atoms with E-state index in [1.165, 1.54) is 30.7 Å². The van der Waals surface area contributed by atoms with E-state index in [4.69, 9.17) is 4.74 Å². The van der Waals surface area contributed by atoms with Crippen molar-refractivity contribution in [3.05, 3.63) is 22.4 Å². The molecule has 0 aromatic carbocycles. The van der Waals surface area contributed by atoms with Crippen molar-refractivity contribution < 1.29 is 10.1 Å². The minimum absolute atomic E-state index is 0.0435. The molecule has 2 nitrogen and oxygen atoms in total. The number of hydrogen-bond acceptors (Lipinski definition) is 2. The first-order valence-corrected chi connectivity index (χ1v) is 9.23. The maximum Gasteiger partial charge on any atom is 0.118 e. The highest BCUT2D eigenvalue weighted by Gasteiger charge is 2.43. The third kappa shape index (κ3) is 4.30. The molecule has 2 heterocycles. The fourth-order valence-corrected chi connectivity index (χ4v) is 4.58. The third-order valence-corrected chi connectivity index (χ3v) is 6.32. The molecule has 0 bridgehead atoms. The first kappa shape index (κ1) is 17.0. The fraction of sp³-hybridized carbons (Fsp3) is 0.778. The number of rotatable bonds is 6. The van der Waals surface area contributed by atoms with Gasteiger partial charge < -0.3 is 10.1 Å². The summed E-state index contributed by atoms with van der Waals surface area (Å²) in [4.78, 5) is 1.49. The summed E-state index contributed by atoms with van der Waals surface area (Å²) < 4.78 is 5.95. The van der Waals surface area contributed by atoms with E-state index in [1.807, 2.05) is 11.3 Å². The molecular weight excluding hydrogens is 278 g/mol. The molecule has 21 heavy (non-hydrogen) atoms. The molecule has 0 spiro atoms. The van der Waals surface area contributed by atoms with Crippen LogP contribution in [-0.2, 0) is 4.74 Å². The molecule has 1 aliphatic heterocycles. The molecule has 1 aromatic heterocycles. The Kier molecular flexibility index (Phi) is 5.50. The zero-order chi connectivity index (χ0) is 15.5. The lowest BCUT2D eigenvalue weighted by molar-refractivity contribution is -0.694. The maximum absolute atomic E-state index is 5.95. The Bertz CT molecular complexity index is 426. The van der Waals surface area contributed by atoms with Gasteiger partial charge in [0.25, 0.3) is 0 Å². The van der Waals surface area contributed by atoms with Crippen LogP contribution in [-0.4, -0.2) is 18.8 Å².